The summed E-state index contributed by atoms with van der Waals surface area (Å²) in [6.45, 7) is 4.76. The second-order valence-electron chi connectivity index (χ2n) is 27.7. The van der Waals surface area contributed by atoms with Crippen molar-refractivity contribution in [3.05, 3.63) is 369 Å². The van der Waals surface area contributed by atoms with Crippen LogP contribution in [0.5, 0.6) is 0 Å². The molecule has 5 heteroatoms. The Kier molecular flexibility index (Phi) is 13.9. The van der Waals surface area contributed by atoms with E-state index in [-0.39, 0.29) is 5.41 Å². The lowest BCUT2D eigenvalue weighted by Gasteiger charge is -2.24. The van der Waals surface area contributed by atoms with Crippen LogP contribution in [0.3, 0.4) is 0 Å². The third-order valence-electron chi connectivity index (χ3n) is 21.6. The second kappa shape index (κ2) is 23.9. The Morgan fingerprint density at radius 2 is 0.621 bits per heavy atom. The summed E-state index contributed by atoms with van der Waals surface area (Å²) < 4.78 is 4.52. The van der Waals surface area contributed by atoms with Crippen molar-refractivity contribution in [3.63, 3.8) is 0 Å². The van der Waals surface area contributed by atoms with Crippen LogP contribution in [0.1, 0.15) is 25.0 Å². The molecule has 0 spiro atoms. The summed E-state index contributed by atoms with van der Waals surface area (Å²) in [4.78, 5) is 15.6. The minimum atomic E-state index is -0.113. The van der Waals surface area contributed by atoms with Crippen LogP contribution in [0.4, 0.5) is 0 Å². The van der Waals surface area contributed by atoms with Crippen LogP contribution >= 0.6 is 0 Å². The number of hydrogen-bond acceptors (Lipinski definition) is 3. The van der Waals surface area contributed by atoms with Crippen molar-refractivity contribution in [2.45, 2.75) is 19.3 Å². The monoisotopic (exact) mass is 1310 g/mol. The van der Waals surface area contributed by atoms with Gasteiger partial charge < -0.3 is 0 Å². The number of rotatable bonds is 8. The van der Waals surface area contributed by atoms with Gasteiger partial charge in [-0.15, -0.1) is 0 Å². The molecule has 21 rings (SSSR count). The average Bonchev–Trinajstić information content (AvgIpc) is 1.58. The molecule has 1 aliphatic rings. The third kappa shape index (κ3) is 9.80. The molecule has 0 saturated heterocycles. The normalized spacial score (nSPS) is 12.4. The molecule has 482 valence electrons. The zero-order chi connectivity index (χ0) is 68.3. The minimum absolute atomic E-state index is 0.113. The summed E-state index contributed by atoms with van der Waals surface area (Å²) in [5, 5.41) is 14.7. The van der Waals surface area contributed by atoms with Crippen LogP contribution < -0.4 is 0 Å². The SMILES string of the molecule is CC1(C)c2ccccc2-c2cc3c(-c4ccc(-c5nc6ccccc6n5-c5ccccc5)cc4)c4ccccc4c(-c4ccc5ccccc5c4)c3cc21.c1ccc(-n2c(-c3ccc(-c4ccc(-c5c6ccc7ccccc7c6nc6c5ccc5ccccc56)cc4)cc3)nc3ccccc32)cc1. The Bertz CT molecular complexity index is 6690. The maximum atomic E-state index is 5.35. The van der Waals surface area contributed by atoms with Crippen molar-refractivity contribution in [2.75, 3.05) is 0 Å². The first-order valence-electron chi connectivity index (χ1n) is 35.5. The molecule has 0 unspecified atom stereocenters. The Balaban J connectivity index is 0.000000138. The van der Waals surface area contributed by atoms with Gasteiger partial charge in [-0.25, -0.2) is 15.0 Å². The maximum Gasteiger partial charge on any atom is 0.145 e. The van der Waals surface area contributed by atoms with Gasteiger partial charge in [0.25, 0.3) is 0 Å². The molecule has 0 radical (unpaired) electrons. The van der Waals surface area contributed by atoms with Gasteiger partial charge in [0.1, 0.15) is 11.6 Å². The predicted molar refractivity (Wildman–Crippen MR) is 433 cm³/mol. The van der Waals surface area contributed by atoms with Gasteiger partial charge >= 0.3 is 0 Å². The van der Waals surface area contributed by atoms with Gasteiger partial charge in [-0.3, -0.25) is 9.13 Å². The summed E-state index contributed by atoms with van der Waals surface area (Å²) in [5.74, 6) is 1.87. The van der Waals surface area contributed by atoms with E-state index in [1.54, 1.807) is 0 Å². The van der Waals surface area contributed by atoms with Crippen LogP contribution in [0.2, 0.25) is 0 Å². The molecule has 3 aromatic heterocycles. The fourth-order valence-corrected chi connectivity index (χ4v) is 16.6. The zero-order valence-corrected chi connectivity index (χ0v) is 56.8. The Labute approximate surface area is 596 Å². The lowest BCUT2D eigenvalue weighted by molar-refractivity contribution is 0.661. The highest BCUT2D eigenvalue weighted by Crippen LogP contribution is 2.54. The molecule has 0 atom stereocenters. The van der Waals surface area contributed by atoms with Gasteiger partial charge in [-0.2, -0.15) is 0 Å². The van der Waals surface area contributed by atoms with Crippen LogP contribution in [0.15, 0.2) is 358 Å². The summed E-state index contributed by atoms with van der Waals surface area (Å²) >= 11 is 0. The highest BCUT2D eigenvalue weighted by Gasteiger charge is 2.36. The number of nitrogens with zero attached hydrogens (tertiary/aromatic N) is 5. The molecule has 17 aromatic carbocycles. The van der Waals surface area contributed by atoms with E-state index >= 15 is 0 Å². The van der Waals surface area contributed by atoms with E-state index in [4.69, 9.17) is 15.0 Å². The van der Waals surface area contributed by atoms with Crippen molar-refractivity contribution < 1.29 is 0 Å². The summed E-state index contributed by atoms with van der Waals surface area (Å²) in [5.41, 5.74) is 25.7. The van der Waals surface area contributed by atoms with Crippen LogP contribution in [-0.4, -0.2) is 24.1 Å². The van der Waals surface area contributed by atoms with E-state index < -0.39 is 0 Å². The number of para-hydroxylation sites is 6. The van der Waals surface area contributed by atoms with Crippen LogP contribution in [0.25, 0.3) is 188 Å². The lowest BCUT2D eigenvalue weighted by atomic mass is 9.79. The standard InChI is InChI=1S/C52H36N2.C46H29N3/c1-52(2)45-21-11-10-18-39(45)42-31-43-44(32-46(42)52)50(37-29-24-33-14-6-7-15-36(33)30-37)41-20-9-8-19-40(41)49(43)34-25-27-35(28-26-34)51-53-47-22-12-13-23-48(47)54(51)38-16-4-3-5-17-38;1-2-12-36(13-3-1)49-42-17-9-8-16-41(42)47-46(49)35-24-20-31(21-25-35)30-18-22-34(23-19-30)43-39-28-26-32-10-4-6-14-37(32)44(39)48-45-38-15-7-5-11-33(38)27-29-40(43)45/h3-32H,1-2H3;1-29H. The molecule has 0 N–H and O–H groups in total. The minimum Gasteiger partial charge on any atom is -0.292 e. The number of aromatic nitrogens is 5. The highest BCUT2D eigenvalue weighted by molar-refractivity contribution is 6.24. The molecular formula is C98H65N5. The van der Waals surface area contributed by atoms with Gasteiger partial charge in [-0.05, 0) is 171 Å². The van der Waals surface area contributed by atoms with Gasteiger partial charge in [-0.1, -0.05) is 305 Å². The van der Waals surface area contributed by atoms with E-state index in [0.717, 1.165) is 67.3 Å². The fraction of sp³-hybridized carbons (Fsp3) is 0.0306. The van der Waals surface area contributed by atoms with Gasteiger partial charge in [0, 0.05) is 55.0 Å². The Hall–Kier alpha value is -13.4. The van der Waals surface area contributed by atoms with Crippen LogP contribution in [-0.2, 0) is 5.41 Å². The van der Waals surface area contributed by atoms with E-state index in [1.165, 1.54) is 131 Å². The highest BCUT2D eigenvalue weighted by atomic mass is 15.1. The molecule has 0 fully saturated rings. The van der Waals surface area contributed by atoms with E-state index in [9.17, 15) is 0 Å². The molecule has 5 nitrogen and oxygen atoms in total. The molecule has 1 aliphatic carbocycles. The maximum absolute atomic E-state index is 5.35. The van der Waals surface area contributed by atoms with Crippen molar-refractivity contribution in [1.82, 2.24) is 24.1 Å². The zero-order valence-electron chi connectivity index (χ0n) is 56.8. The van der Waals surface area contributed by atoms with Crippen molar-refractivity contribution >= 4 is 97.7 Å². The average molecular weight is 1310 g/mol. The van der Waals surface area contributed by atoms with E-state index in [2.05, 4.69) is 369 Å². The van der Waals surface area contributed by atoms with Gasteiger partial charge in [0.15, 0.2) is 0 Å². The second-order valence-corrected chi connectivity index (χ2v) is 27.7. The quantitative estimate of drug-likeness (QED) is 0.113. The van der Waals surface area contributed by atoms with Crippen molar-refractivity contribution in [2.24, 2.45) is 0 Å². The molecule has 3 heterocycles. The largest absolute Gasteiger partial charge is 0.292 e. The van der Waals surface area contributed by atoms with Gasteiger partial charge in [0.05, 0.1) is 33.1 Å². The number of imidazole rings is 2. The van der Waals surface area contributed by atoms with E-state index in [1.807, 2.05) is 12.1 Å². The number of benzene rings is 17. The first-order valence-corrected chi connectivity index (χ1v) is 35.5. The first-order chi connectivity index (χ1) is 50.8. The molecular weight excluding hydrogens is 1250 g/mol. The predicted octanol–water partition coefficient (Wildman–Crippen LogP) is 25.8. The van der Waals surface area contributed by atoms with E-state index in [0.29, 0.717) is 0 Å². The molecule has 0 saturated carbocycles. The number of fused-ring (bicyclic) bond motifs is 14. The molecule has 20 aromatic rings. The topological polar surface area (TPSA) is 48.5 Å². The third-order valence-corrected chi connectivity index (χ3v) is 21.6. The summed E-state index contributed by atoms with van der Waals surface area (Å²) in [6, 6.07) is 129. The molecule has 0 aliphatic heterocycles. The first kappa shape index (κ1) is 59.7. The van der Waals surface area contributed by atoms with Crippen molar-refractivity contribution in [3.8, 4) is 89.8 Å². The fourth-order valence-electron chi connectivity index (χ4n) is 16.6. The smallest absolute Gasteiger partial charge is 0.145 e. The summed E-state index contributed by atoms with van der Waals surface area (Å²) in [7, 11) is 0. The van der Waals surface area contributed by atoms with Gasteiger partial charge in [0.2, 0.25) is 0 Å². The van der Waals surface area contributed by atoms with Crippen LogP contribution in [0, 0.1) is 0 Å². The van der Waals surface area contributed by atoms with Crippen molar-refractivity contribution in [1.29, 1.82) is 0 Å². The molecule has 0 bridgehead atoms. The number of hydrogen-bond donors (Lipinski definition) is 0. The number of pyridine rings is 1. The lowest BCUT2D eigenvalue weighted by Crippen LogP contribution is -2.14. The molecule has 0 amide bonds. The Morgan fingerprint density at radius 3 is 1.17 bits per heavy atom. The Morgan fingerprint density at radius 1 is 0.233 bits per heavy atom. The summed E-state index contributed by atoms with van der Waals surface area (Å²) in [6.07, 6.45) is 0. The molecule has 103 heavy (non-hydrogen) atoms.